The first-order valence-corrected chi connectivity index (χ1v) is 6.78. The summed E-state index contributed by atoms with van der Waals surface area (Å²) in [5, 5.41) is 13.2. The molecule has 1 saturated carbocycles. The van der Waals surface area contributed by atoms with Gasteiger partial charge in [0.1, 0.15) is 0 Å². The van der Waals surface area contributed by atoms with Crippen molar-refractivity contribution in [2.75, 3.05) is 11.9 Å². The van der Waals surface area contributed by atoms with Crippen molar-refractivity contribution in [2.24, 2.45) is 5.92 Å². The van der Waals surface area contributed by atoms with Crippen LogP contribution in [-0.4, -0.2) is 35.0 Å². The Hall–Kier alpha value is -1.69. The lowest BCUT2D eigenvalue weighted by Crippen LogP contribution is -2.44. The monoisotopic (exact) mass is 262 g/mol. The lowest BCUT2D eigenvalue weighted by atomic mass is 10.0. The summed E-state index contributed by atoms with van der Waals surface area (Å²) >= 11 is 0. The summed E-state index contributed by atoms with van der Waals surface area (Å²) in [5.74, 6) is 1.18. The topological polar surface area (TPSA) is 76.1 Å². The maximum atomic E-state index is 11.8. The molecule has 2 aliphatic rings. The van der Waals surface area contributed by atoms with Crippen molar-refractivity contribution < 1.29 is 9.53 Å². The predicted octanol–water partition coefficient (Wildman–Crippen LogP) is 1.56. The number of carbonyl (C=O) groups is 1. The number of rotatable bonds is 3. The van der Waals surface area contributed by atoms with Crippen LogP contribution in [0.2, 0.25) is 0 Å². The van der Waals surface area contributed by atoms with Gasteiger partial charge in [0.05, 0.1) is 6.10 Å². The Morgan fingerprint density at radius 3 is 3.00 bits per heavy atom. The van der Waals surface area contributed by atoms with E-state index >= 15 is 0 Å². The minimum absolute atomic E-state index is 0.191. The van der Waals surface area contributed by atoms with Crippen molar-refractivity contribution in [3.63, 3.8) is 0 Å². The highest BCUT2D eigenvalue weighted by Gasteiger charge is 2.36. The number of anilines is 1. The van der Waals surface area contributed by atoms with Gasteiger partial charge in [0.2, 0.25) is 0 Å². The molecule has 2 amide bonds. The summed E-state index contributed by atoms with van der Waals surface area (Å²) in [5.41, 5.74) is 0. The molecule has 6 heteroatoms. The number of hydrogen-bond acceptors (Lipinski definition) is 4. The van der Waals surface area contributed by atoms with E-state index in [0.717, 1.165) is 19.4 Å². The second-order valence-electron chi connectivity index (χ2n) is 5.18. The smallest absolute Gasteiger partial charge is 0.320 e. The highest BCUT2D eigenvalue weighted by molar-refractivity contribution is 5.88. The Balaban J connectivity index is 1.48. The summed E-state index contributed by atoms with van der Waals surface area (Å²) in [4.78, 5) is 11.8. The fourth-order valence-corrected chi connectivity index (χ4v) is 2.46. The van der Waals surface area contributed by atoms with Crippen molar-refractivity contribution in [3.05, 3.63) is 18.3 Å². The van der Waals surface area contributed by atoms with E-state index in [1.54, 1.807) is 18.3 Å². The predicted molar refractivity (Wildman–Crippen MR) is 69.7 cm³/mol. The van der Waals surface area contributed by atoms with Gasteiger partial charge in [-0.25, -0.2) is 4.79 Å². The number of urea groups is 1. The SMILES string of the molecule is O=C(Nc1cccnn1)N[C@@H]1CCO[C@H](C2CC2)C1. The van der Waals surface area contributed by atoms with Crippen LogP contribution in [0.25, 0.3) is 0 Å². The van der Waals surface area contributed by atoms with Gasteiger partial charge in [-0.1, -0.05) is 0 Å². The fourth-order valence-electron chi connectivity index (χ4n) is 2.46. The zero-order valence-electron chi connectivity index (χ0n) is 10.7. The third kappa shape index (κ3) is 3.41. The second kappa shape index (κ2) is 5.52. The Bertz CT molecular complexity index is 436. The summed E-state index contributed by atoms with van der Waals surface area (Å²) < 4.78 is 5.74. The molecule has 1 aliphatic heterocycles. The van der Waals surface area contributed by atoms with Gasteiger partial charge in [0.25, 0.3) is 0 Å². The minimum Gasteiger partial charge on any atom is -0.378 e. The molecule has 0 radical (unpaired) electrons. The van der Waals surface area contributed by atoms with Crippen LogP contribution < -0.4 is 10.6 Å². The number of aromatic nitrogens is 2. The number of carbonyl (C=O) groups excluding carboxylic acids is 1. The van der Waals surface area contributed by atoms with Crippen LogP contribution in [0.3, 0.4) is 0 Å². The van der Waals surface area contributed by atoms with Crippen molar-refractivity contribution >= 4 is 11.8 Å². The molecule has 19 heavy (non-hydrogen) atoms. The van der Waals surface area contributed by atoms with Gasteiger partial charge in [0.15, 0.2) is 5.82 Å². The van der Waals surface area contributed by atoms with Gasteiger partial charge >= 0.3 is 6.03 Å². The fraction of sp³-hybridized carbons (Fsp3) is 0.615. The molecule has 0 bridgehead atoms. The van der Waals surface area contributed by atoms with Crippen LogP contribution in [0.1, 0.15) is 25.7 Å². The number of nitrogens with one attached hydrogen (secondary N) is 2. The number of nitrogens with zero attached hydrogens (tertiary/aromatic N) is 2. The average molecular weight is 262 g/mol. The van der Waals surface area contributed by atoms with Gasteiger partial charge in [-0.2, -0.15) is 5.10 Å². The first-order valence-electron chi connectivity index (χ1n) is 6.78. The van der Waals surface area contributed by atoms with Crippen molar-refractivity contribution in [3.8, 4) is 0 Å². The van der Waals surface area contributed by atoms with E-state index in [0.29, 0.717) is 17.8 Å². The first-order chi connectivity index (χ1) is 9.31. The summed E-state index contributed by atoms with van der Waals surface area (Å²) in [6, 6.07) is 3.42. The number of ether oxygens (including phenoxy) is 1. The van der Waals surface area contributed by atoms with E-state index < -0.39 is 0 Å². The number of hydrogen-bond donors (Lipinski definition) is 2. The maximum Gasteiger partial charge on any atom is 0.320 e. The van der Waals surface area contributed by atoms with E-state index in [9.17, 15) is 4.79 Å². The molecule has 1 aliphatic carbocycles. The highest BCUT2D eigenvalue weighted by atomic mass is 16.5. The minimum atomic E-state index is -0.220. The van der Waals surface area contributed by atoms with Crippen LogP contribution in [0.5, 0.6) is 0 Å². The van der Waals surface area contributed by atoms with E-state index in [1.807, 2.05) is 0 Å². The molecule has 1 saturated heterocycles. The highest BCUT2D eigenvalue weighted by Crippen LogP contribution is 2.38. The van der Waals surface area contributed by atoms with Gasteiger partial charge in [-0.05, 0) is 43.7 Å². The molecule has 2 atom stereocenters. The Labute approximate surface area is 111 Å². The van der Waals surface area contributed by atoms with Crippen LogP contribution in [-0.2, 0) is 4.74 Å². The van der Waals surface area contributed by atoms with Gasteiger partial charge < -0.3 is 10.1 Å². The third-order valence-corrected chi connectivity index (χ3v) is 3.61. The molecule has 1 aromatic heterocycles. The zero-order valence-corrected chi connectivity index (χ0v) is 10.7. The molecule has 0 spiro atoms. The maximum absolute atomic E-state index is 11.8. The average Bonchev–Trinajstić information content (AvgIpc) is 3.24. The molecule has 1 aromatic rings. The quantitative estimate of drug-likeness (QED) is 0.866. The molecule has 2 heterocycles. The normalized spacial score (nSPS) is 26.7. The molecule has 3 rings (SSSR count). The van der Waals surface area contributed by atoms with Gasteiger partial charge in [0, 0.05) is 18.8 Å². The van der Waals surface area contributed by atoms with E-state index in [-0.39, 0.29) is 12.1 Å². The van der Waals surface area contributed by atoms with Crippen LogP contribution in [0.4, 0.5) is 10.6 Å². The van der Waals surface area contributed by atoms with Crippen molar-refractivity contribution in [1.29, 1.82) is 0 Å². The van der Waals surface area contributed by atoms with Crippen LogP contribution >= 0.6 is 0 Å². The van der Waals surface area contributed by atoms with Gasteiger partial charge in [-0.15, -0.1) is 5.10 Å². The standard InChI is InChI=1S/C13H18N4O2/c18-13(16-12-2-1-6-14-17-12)15-10-5-7-19-11(8-10)9-3-4-9/h1-2,6,9-11H,3-5,7-8H2,(H2,15,16,17,18)/t10-,11+/m1/s1. The zero-order chi connectivity index (χ0) is 13.1. The molecule has 0 aromatic carbocycles. The lowest BCUT2D eigenvalue weighted by Gasteiger charge is -2.30. The van der Waals surface area contributed by atoms with E-state index in [1.165, 1.54) is 12.8 Å². The molecule has 2 fully saturated rings. The molecule has 102 valence electrons. The van der Waals surface area contributed by atoms with Gasteiger partial charge in [-0.3, -0.25) is 5.32 Å². The lowest BCUT2D eigenvalue weighted by molar-refractivity contribution is -0.00889. The van der Waals surface area contributed by atoms with Crippen LogP contribution in [0, 0.1) is 5.92 Å². The van der Waals surface area contributed by atoms with Crippen molar-refractivity contribution in [2.45, 2.75) is 37.8 Å². The molecule has 2 N–H and O–H groups in total. The second-order valence-corrected chi connectivity index (χ2v) is 5.18. The summed E-state index contributed by atoms with van der Waals surface area (Å²) in [6.07, 6.45) is 6.22. The Morgan fingerprint density at radius 2 is 2.26 bits per heavy atom. The largest absolute Gasteiger partial charge is 0.378 e. The number of amides is 2. The van der Waals surface area contributed by atoms with E-state index in [4.69, 9.17) is 4.74 Å². The first kappa shape index (κ1) is 12.3. The van der Waals surface area contributed by atoms with E-state index in [2.05, 4.69) is 20.8 Å². The third-order valence-electron chi connectivity index (χ3n) is 3.61. The molecule has 6 nitrogen and oxygen atoms in total. The van der Waals surface area contributed by atoms with Crippen molar-refractivity contribution in [1.82, 2.24) is 15.5 Å². The van der Waals surface area contributed by atoms with Crippen LogP contribution in [0.15, 0.2) is 18.3 Å². The molecule has 0 unspecified atom stereocenters. The molecular weight excluding hydrogens is 244 g/mol. The Morgan fingerprint density at radius 1 is 1.37 bits per heavy atom. The molecular formula is C13H18N4O2. The summed E-state index contributed by atoms with van der Waals surface area (Å²) in [6.45, 7) is 0.733. The summed E-state index contributed by atoms with van der Waals surface area (Å²) in [7, 11) is 0. The Kier molecular flexibility index (Phi) is 3.59.